The fraction of sp³-hybridized carbons (Fsp3) is 0.600. The Kier molecular flexibility index (Phi) is 10.1. The van der Waals surface area contributed by atoms with E-state index < -0.39 is 21.4 Å². The Morgan fingerprint density at radius 2 is 1.85 bits per heavy atom. The van der Waals surface area contributed by atoms with Crippen LogP contribution in [-0.4, -0.2) is 56.2 Å². The Morgan fingerprint density at radius 1 is 1.18 bits per heavy atom. The first-order valence-corrected chi connectivity index (χ1v) is 13.3. The van der Waals surface area contributed by atoms with Crippen molar-refractivity contribution in [2.24, 2.45) is 5.92 Å². The lowest BCUT2D eigenvalue weighted by atomic mass is 10.1. The second-order valence-corrected chi connectivity index (χ2v) is 11.8. The summed E-state index contributed by atoms with van der Waals surface area (Å²) in [6.07, 6.45) is 2.98. The minimum Gasteiger partial charge on any atom is -0.489 e. The van der Waals surface area contributed by atoms with Gasteiger partial charge in [-0.3, -0.25) is 9.59 Å². The molecule has 0 radical (unpaired) electrons. The molecule has 0 aliphatic carbocycles. The number of hydrogen-bond donors (Lipinski definition) is 0. The lowest BCUT2D eigenvalue weighted by molar-refractivity contribution is -0.154. The van der Waals surface area contributed by atoms with Gasteiger partial charge in [-0.2, -0.15) is 0 Å². The maximum Gasteiger partial charge on any atom is 0.306 e. The number of carbonyl (C=O) groups is 2. The number of likely N-dealkylation sites (tertiary alicyclic amines) is 1. The molecular formula is C25H36FNO6S. The SMILES string of the molecule is C[C@H](CN1CCCCC1=O)CS(=O)(=O)c1ccc(OC/C(=C/F)CCC(=O)OC(C)(C)C)cc1. The van der Waals surface area contributed by atoms with Gasteiger partial charge in [-0.1, -0.05) is 6.92 Å². The molecule has 1 amide bonds. The minimum atomic E-state index is -3.53. The molecule has 0 aromatic heterocycles. The van der Waals surface area contributed by atoms with E-state index in [4.69, 9.17) is 9.47 Å². The van der Waals surface area contributed by atoms with Gasteiger partial charge in [0.05, 0.1) is 17.0 Å². The molecule has 1 aromatic rings. The summed E-state index contributed by atoms with van der Waals surface area (Å²) in [6, 6.07) is 5.97. The van der Waals surface area contributed by atoms with Crippen LogP contribution in [0.15, 0.2) is 41.1 Å². The number of rotatable bonds is 11. The molecular weight excluding hydrogens is 461 g/mol. The molecule has 0 N–H and O–H groups in total. The third kappa shape index (κ3) is 9.44. The summed E-state index contributed by atoms with van der Waals surface area (Å²) in [5, 5.41) is 0. The van der Waals surface area contributed by atoms with E-state index in [1.54, 1.807) is 25.7 Å². The number of carbonyl (C=O) groups excluding carboxylic acids is 2. The van der Waals surface area contributed by atoms with Crippen LogP contribution in [0.4, 0.5) is 4.39 Å². The Morgan fingerprint density at radius 3 is 2.44 bits per heavy atom. The van der Waals surface area contributed by atoms with Crippen molar-refractivity contribution in [3.05, 3.63) is 36.2 Å². The highest BCUT2D eigenvalue weighted by atomic mass is 32.2. The van der Waals surface area contributed by atoms with Gasteiger partial charge in [0.2, 0.25) is 5.91 Å². The summed E-state index contributed by atoms with van der Waals surface area (Å²) in [5.41, 5.74) is -0.304. The van der Waals surface area contributed by atoms with E-state index in [2.05, 4.69) is 0 Å². The van der Waals surface area contributed by atoms with E-state index in [0.29, 0.717) is 37.2 Å². The lowest BCUT2D eigenvalue weighted by Crippen LogP contribution is -2.39. The van der Waals surface area contributed by atoms with Crippen LogP contribution in [0.5, 0.6) is 5.75 Å². The first-order valence-electron chi connectivity index (χ1n) is 11.6. The summed E-state index contributed by atoms with van der Waals surface area (Å²) >= 11 is 0. The highest BCUT2D eigenvalue weighted by molar-refractivity contribution is 7.91. The summed E-state index contributed by atoms with van der Waals surface area (Å²) in [7, 11) is -3.53. The van der Waals surface area contributed by atoms with Crippen LogP contribution in [-0.2, 0) is 24.2 Å². The average molecular weight is 498 g/mol. The third-order valence-electron chi connectivity index (χ3n) is 5.29. The molecule has 1 fully saturated rings. The zero-order valence-electron chi connectivity index (χ0n) is 20.5. The van der Waals surface area contributed by atoms with Crippen molar-refractivity contribution < 1.29 is 31.9 Å². The van der Waals surface area contributed by atoms with Gasteiger partial charge in [-0.25, -0.2) is 12.8 Å². The lowest BCUT2D eigenvalue weighted by Gasteiger charge is -2.29. The van der Waals surface area contributed by atoms with Gasteiger partial charge in [0, 0.05) is 25.9 Å². The third-order valence-corrected chi connectivity index (χ3v) is 7.29. The van der Waals surface area contributed by atoms with Crippen molar-refractivity contribution in [3.63, 3.8) is 0 Å². The maximum atomic E-state index is 13.2. The number of sulfone groups is 1. The second-order valence-electron chi connectivity index (χ2n) is 9.80. The van der Waals surface area contributed by atoms with E-state index in [-0.39, 0.29) is 41.9 Å². The Labute approximate surface area is 202 Å². The zero-order valence-corrected chi connectivity index (χ0v) is 21.3. The second kappa shape index (κ2) is 12.3. The van der Waals surface area contributed by atoms with Gasteiger partial charge < -0.3 is 14.4 Å². The molecule has 190 valence electrons. The standard InChI is InChI=1S/C25H36FNO6S/c1-19(16-27-14-6-5-7-23(27)28)18-34(30,31)22-11-9-21(10-12-22)32-17-20(15-26)8-13-24(29)33-25(2,3)4/h9-12,15,19H,5-8,13-14,16-18H2,1-4H3/b20-15+/t19-/m1/s1. The Bertz CT molecular complexity index is 966. The van der Waals surface area contributed by atoms with Gasteiger partial charge in [0.1, 0.15) is 18.0 Å². The Balaban J connectivity index is 1.85. The molecule has 1 aromatic carbocycles. The van der Waals surface area contributed by atoms with Crippen LogP contribution in [0.25, 0.3) is 0 Å². The van der Waals surface area contributed by atoms with E-state index in [9.17, 15) is 22.4 Å². The monoisotopic (exact) mass is 497 g/mol. The van der Waals surface area contributed by atoms with Gasteiger partial charge in [0.15, 0.2) is 9.84 Å². The predicted octanol–water partition coefficient (Wildman–Crippen LogP) is 4.46. The first kappa shape index (κ1) is 27.8. The fourth-order valence-electron chi connectivity index (χ4n) is 3.69. The van der Waals surface area contributed by atoms with Crippen LogP contribution in [0.3, 0.4) is 0 Å². The van der Waals surface area contributed by atoms with Crippen LogP contribution in [0.1, 0.15) is 59.8 Å². The molecule has 2 rings (SSSR count). The predicted molar refractivity (Wildman–Crippen MR) is 128 cm³/mol. The van der Waals surface area contributed by atoms with Crippen LogP contribution in [0, 0.1) is 5.92 Å². The number of esters is 1. The van der Waals surface area contributed by atoms with E-state index in [1.165, 1.54) is 24.3 Å². The van der Waals surface area contributed by atoms with E-state index in [0.717, 1.165) is 12.8 Å². The molecule has 0 unspecified atom stereocenters. The van der Waals surface area contributed by atoms with Crippen molar-refractivity contribution in [2.45, 2.75) is 70.3 Å². The molecule has 0 spiro atoms. The number of halogens is 1. The molecule has 1 aliphatic heterocycles. The summed E-state index contributed by atoms with van der Waals surface area (Å²) in [5.74, 6) is -0.186. The van der Waals surface area contributed by atoms with Crippen molar-refractivity contribution in [2.75, 3.05) is 25.4 Å². The van der Waals surface area contributed by atoms with Crippen LogP contribution >= 0.6 is 0 Å². The first-order chi connectivity index (χ1) is 15.9. The number of piperidine rings is 1. The van der Waals surface area contributed by atoms with E-state index in [1.807, 2.05) is 6.92 Å². The van der Waals surface area contributed by atoms with Gasteiger partial charge in [0.25, 0.3) is 0 Å². The molecule has 0 bridgehead atoms. The normalized spacial score (nSPS) is 16.3. The van der Waals surface area contributed by atoms with Crippen LogP contribution < -0.4 is 4.74 Å². The highest BCUT2D eigenvalue weighted by Gasteiger charge is 2.24. The fourth-order valence-corrected chi connectivity index (χ4v) is 5.28. The number of benzene rings is 1. The molecule has 0 saturated carbocycles. The summed E-state index contributed by atoms with van der Waals surface area (Å²) < 4.78 is 49.5. The van der Waals surface area contributed by atoms with Crippen molar-refractivity contribution >= 4 is 21.7 Å². The minimum absolute atomic E-state index is 0.0365. The number of hydrogen-bond acceptors (Lipinski definition) is 6. The summed E-state index contributed by atoms with van der Waals surface area (Å²) in [6.45, 7) is 8.18. The van der Waals surface area contributed by atoms with Gasteiger partial charge in [-0.05, 0) is 75.8 Å². The number of amides is 1. The molecule has 1 saturated heterocycles. The van der Waals surface area contributed by atoms with Crippen molar-refractivity contribution in [1.29, 1.82) is 0 Å². The topological polar surface area (TPSA) is 90.0 Å². The number of ether oxygens (including phenoxy) is 2. The number of nitrogens with zero attached hydrogens (tertiary/aromatic N) is 1. The quantitative estimate of drug-likeness (QED) is 0.419. The van der Waals surface area contributed by atoms with Gasteiger partial charge in [-0.15, -0.1) is 0 Å². The summed E-state index contributed by atoms with van der Waals surface area (Å²) in [4.78, 5) is 25.7. The average Bonchev–Trinajstić information content (AvgIpc) is 2.74. The van der Waals surface area contributed by atoms with E-state index >= 15 is 0 Å². The molecule has 9 heteroatoms. The van der Waals surface area contributed by atoms with Crippen molar-refractivity contribution in [1.82, 2.24) is 4.90 Å². The maximum absolute atomic E-state index is 13.2. The van der Waals surface area contributed by atoms with Crippen LogP contribution in [0.2, 0.25) is 0 Å². The molecule has 34 heavy (non-hydrogen) atoms. The highest BCUT2D eigenvalue weighted by Crippen LogP contribution is 2.21. The Hall–Kier alpha value is -2.42. The smallest absolute Gasteiger partial charge is 0.306 e. The molecule has 7 nitrogen and oxygen atoms in total. The molecule has 1 heterocycles. The molecule has 1 atom stereocenters. The van der Waals surface area contributed by atoms with Gasteiger partial charge >= 0.3 is 5.97 Å². The molecule has 1 aliphatic rings. The van der Waals surface area contributed by atoms with Crippen molar-refractivity contribution in [3.8, 4) is 5.75 Å². The zero-order chi connectivity index (χ0) is 25.4. The largest absolute Gasteiger partial charge is 0.489 e.